The monoisotopic (exact) mass is 255 g/mol. The molecule has 67 valence electrons. The van der Waals surface area contributed by atoms with Gasteiger partial charge in [-0.05, 0) is 0 Å². The molecule has 1 aromatic rings. The smallest absolute Gasteiger partial charge is 0.523 e. The minimum absolute atomic E-state index is 0.158. The van der Waals surface area contributed by atoms with Crippen LogP contribution in [0.4, 0.5) is 0 Å². The van der Waals surface area contributed by atoms with Crippen molar-refractivity contribution in [3.8, 4) is 11.5 Å². The Hall–Kier alpha value is 0.0449. The van der Waals surface area contributed by atoms with Gasteiger partial charge in [0.2, 0.25) is 0 Å². The highest BCUT2D eigenvalue weighted by Gasteiger charge is 2.28. The normalized spacial score (nSPS) is 12.9. The van der Waals surface area contributed by atoms with Crippen LogP contribution in [0, 0.1) is 0 Å². The van der Waals surface area contributed by atoms with E-state index in [2.05, 4.69) is 0 Å². The van der Waals surface area contributed by atoms with E-state index < -0.39 is 0 Å². The van der Waals surface area contributed by atoms with Crippen LogP contribution in [0.15, 0.2) is 0 Å². The van der Waals surface area contributed by atoms with Crippen molar-refractivity contribution >= 4 is 54.1 Å². The average Bonchev–Trinajstić information content (AvgIpc) is 2.59. The molecule has 13 heavy (non-hydrogen) atoms. The van der Waals surface area contributed by atoms with E-state index in [1.165, 1.54) is 0 Å². The van der Waals surface area contributed by atoms with Crippen LogP contribution in [0.1, 0.15) is 0 Å². The van der Waals surface area contributed by atoms with Crippen LogP contribution in [0.25, 0.3) is 0 Å². The second kappa shape index (κ2) is 3.32. The predicted octanol–water partition coefficient (Wildman–Crippen LogP) is 3.61. The molecule has 0 saturated carbocycles. The lowest BCUT2D eigenvalue weighted by Gasteiger charge is -2.07. The van der Waals surface area contributed by atoms with Gasteiger partial charge in [0.1, 0.15) is 10.0 Å². The van der Waals surface area contributed by atoms with Gasteiger partial charge in [-0.2, -0.15) is 0 Å². The molecular weight excluding hydrogens is 257 g/mol. The van der Waals surface area contributed by atoms with Crippen LogP contribution >= 0.6 is 46.4 Å². The lowest BCUT2D eigenvalue weighted by atomic mass is 10.3. The third-order valence-corrected chi connectivity index (χ3v) is 3.28. The summed E-state index contributed by atoms with van der Waals surface area (Å²) in [4.78, 5) is 0. The molecule has 0 bridgehead atoms. The Kier molecular flexibility index (Phi) is 2.45. The minimum Gasteiger partial charge on any atom is -0.523 e. The van der Waals surface area contributed by atoms with Gasteiger partial charge >= 0.3 is 7.69 Å². The molecule has 0 N–H and O–H groups in total. The second-order valence-electron chi connectivity index (χ2n) is 2.25. The lowest BCUT2D eigenvalue weighted by molar-refractivity contribution is 0.541. The first-order valence-corrected chi connectivity index (χ1v) is 4.65. The molecule has 0 saturated heterocycles. The van der Waals surface area contributed by atoms with Gasteiger partial charge in [-0.25, -0.2) is 0 Å². The summed E-state index contributed by atoms with van der Waals surface area (Å²) in [5.41, 5.74) is 0. The molecule has 0 unspecified atom stereocenters. The molecule has 0 spiro atoms. The van der Waals surface area contributed by atoms with Crippen LogP contribution in [0.5, 0.6) is 11.5 Å². The standard InChI is InChI=1S/C6BCl4O2/c8-1-2(9)4(11)6-5(3(1)10)12-7-13-6. The molecular formula is C6BCl4O2. The van der Waals surface area contributed by atoms with E-state index in [-0.39, 0.29) is 20.1 Å². The Morgan fingerprint density at radius 2 is 1.08 bits per heavy atom. The molecule has 1 heterocycles. The highest BCUT2D eigenvalue weighted by molar-refractivity contribution is 6.53. The van der Waals surface area contributed by atoms with Gasteiger partial charge < -0.3 is 9.31 Å². The number of rotatable bonds is 0. The van der Waals surface area contributed by atoms with Gasteiger partial charge in [0, 0.05) is 0 Å². The molecule has 1 aliphatic rings. The Morgan fingerprint density at radius 1 is 0.692 bits per heavy atom. The van der Waals surface area contributed by atoms with Crippen molar-refractivity contribution in [3.63, 3.8) is 0 Å². The average molecular weight is 257 g/mol. The SMILES string of the molecule is Clc1c(Cl)c(Cl)c2c(c1Cl)O[B]O2. The van der Waals surface area contributed by atoms with Gasteiger partial charge in [-0.15, -0.1) is 0 Å². The third kappa shape index (κ3) is 1.35. The first kappa shape index (κ1) is 9.59. The highest BCUT2D eigenvalue weighted by Crippen LogP contribution is 2.51. The van der Waals surface area contributed by atoms with E-state index in [0.29, 0.717) is 11.5 Å². The Morgan fingerprint density at radius 3 is 1.46 bits per heavy atom. The predicted molar refractivity (Wildman–Crippen MR) is 53.5 cm³/mol. The third-order valence-electron chi connectivity index (χ3n) is 1.51. The summed E-state index contributed by atoms with van der Waals surface area (Å²) in [5, 5.41) is 0.705. The summed E-state index contributed by atoms with van der Waals surface area (Å²) in [6, 6.07) is 0. The fraction of sp³-hybridized carbons (Fsp3) is 0. The van der Waals surface area contributed by atoms with E-state index in [1.807, 2.05) is 0 Å². The maximum absolute atomic E-state index is 5.82. The summed E-state index contributed by atoms with van der Waals surface area (Å²) < 4.78 is 9.88. The van der Waals surface area contributed by atoms with Crippen molar-refractivity contribution < 1.29 is 9.31 Å². The molecule has 0 aromatic heterocycles. The maximum atomic E-state index is 5.82. The first-order chi connectivity index (χ1) is 6.13. The van der Waals surface area contributed by atoms with Crippen molar-refractivity contribution in [3.05, 3.63) is 20.1 Å². The Labute approximate surface area is 94.9 Å². The summed E-state index contributed by atoms with van der Waals surface area (Å²) >= 11 is 23.2. The molecule has 1 aliphatic heterocycles. The maximum Gasteiger partial charge on any atom is 0.658 e. The van der Waals surface area contributed by atoms with Gasteiger partial charge in [-0.3, -0.25) is 0 Å². The minimum atomic E-state index is 0.158. The van der Waals surface area contributed by atoms with E-state index in [4.69, 9.17) is 55.7 Å². The summed E-state index contributed by atoms with van der Waals surface area (Å²) in [6.45, 7) is 0. The van der Waals surface area contributed by atoms with Crippen molar-refractivity contribution in [2.75, 3.05) is 0 Å². The van der Waals surface area contributed by atoms with Crippen LogP contribution in [-0.2, 0) is 0 Å². The second-order valence-corrected chi connectivity index (χ2v) is 3.76. The zero-order valence-electron chi connectivity index (χ0n) is 5.91. The zero-order chi connectivity index (χ0) is 9.59. The molecule has 7 heteroatoms. The van der Waals surface area contributed by atoms with Crippen molar-refractivity contribution in [2.24, 2.45) is 0 Å². The van der Waals surface area contributed by atoms with E-state index >= 15 is 0 Å². The summed E-state index contributed by atoms with van der Waals surface area (Å²) in [6.07, 6.45) is 0. The van der Waals surface area contributed by atoms with Gasteiger partial charge in [0.05, 0.1) is 10.0 Å². The topological polar surface area (TPSA) is 18.5 Å². The highest BCUT2D eigenvalue weighted by atomic mass is 35.5. The van der Waals surface area contributed by atoms with E-state index in [9.17, 15) is 0 Å². The van der Waals surface area contributed by atoms with Gasteiger partial charge in [0.25, 0.3) is 0 Å². The lowest BCUT2D eigenvalue weighted by Crippen LogP contribution is -2.00. The molecule has 0 amide bonds. The fourth-order valence-electron chi connectivity index (χ4n) is 0.922. The fourth-order valence-corrected chi connectivity index (χ4v) is 1.83. The number of hydrogen-bond donors (Lipinski definition) is 0. The van der Waals surface area contributed by atoms with Crippen molar-refractivity contribution in [1.82, 2.24) is 0 Å². The van der Waals surface area contributed by atoms with Crippen molar-refractivity contribution in [2.45, 2.75) is 0 Å². The summed E-state index contributed by atoms with van der Waals surface area (Å²) in [7, 11) is 1.11. The molecule has 1 aromatic carbocycles. The molecule has 0 aliphatic carbocycles. The number of hydrogen-bond acceptors (Lipinski definition) is 2. The van der Waals surface area contributed by atoms with Gasteiger partial charge in [0.15, 0.2) is 11.5 Å². The van der Waals surface area contributed by atoms with Crippen LogP contribution in [-0.4, -0.2) is 7.69 Å². The van der Waals surface area contributed by atoms with Crippen LogP contribution < -0.4 is 9.31 Å². The van der Waals surface area contributed by atoms with Crippen LogP contribution in [0.3, 0.4) is 0 Å². The number of fused-ring (bicyclic) bond motifs is 1. The summed E-state index contributed by atoms with van der Waals surface area (Å²) in [5.74, 6) is 0.585. The molecule has 2 rings (SSSR count). The van der Waals surface area contributed by atoms with Crippen LogP contribution in [0.2, 0.25) is 20.1 Å². The quantitative estimate of drug-likeness (QED) is 0.401. The number of halogens is 4. The molecule has 2 nitrogen and oxygen atoms in total. The Balaban J connectivity index is 2.77. The molecule has 0 fully saturated rings. The number of benzene rings is 1. The molecule has 1 radical (unpaired) electrons. The molecule has 0 atom stereocenters. The Bertz CT molecular complexity index is 347. The van der Waals surface area contributed by atoms with E-state index in [1.54, 1.807) is 0 Å². The van der Waals surface area contributed by atoms with Crippen molar-refractivity contribution in [1.29, 1.82) is 0 Å². The van der Waals surface area contributed by atoms with E-state index in [0.717, 1.165) is 7.69 Å². The largest absolute Gasteiger partial charge is 0.658 e. The first-order valence-electron chi connectivity index (χ1n) is 3.14. The zero-order valence-corrected chi connectivity index (χ0v) is 8.93. The van der Waals surface area contributed by atoms with Gasteiger partial charge in [-0.1, -0.05) is 46.4 Å².